The Labute approximate surface area is 165 Å². The minimum Gasteiger partial charge on any atom is -0.497 e. The van der Waals surface area contributed by atoms with E-state index >= 15 is 0 Å². The van der Waals surface area contributed by atoms with Crippen LogP contribution in [0.2, 0.25) is 0 Å². The summed E-state index contributed by atoms with van der Waals surface area (Å²) in [5.41, 5.74) is 2.71. The maximum Gasteiger partial charge on any atom is 0.224 e. The fourth-order valence-corrected chi connectivity index (χ4v) is 3.29. The number of methoxy groups -OCH3 is 2. The number of hydrogen-bond donors (Lipinski definition) is 2. The standard InChI is InChI=1S/C22H26N2O4/c1-24(2)20(15-6-5-7-17(10-15)26-3)13-23-22(25)11-16-14-28-21-12-18(27-4)8-9-19(16)21/h5-10,12,14,20H,11,13H2,1-4H3,(H,23,25)/p+1/t20-/m1/s1. The Balaban J connectivity index is 1.66. The van der Waals surface area contributed by atoms with Gasteiger partial charge in [0, 0.05) is 22.6 Å². The zero-order valence-electron chi connectivity index (χ0n) is 16.7. The number of ether oxygens (including phenoxy) is 2. The lowest BCUT2D eigenvalue weighted by atomic mass is 10.1. The van der Waals surface area contributed by atoms with Crippen LogP contribution < -0.4 is 19.7 Å². The Morgan fingerprint density at radius 1 is 1.11 bits per heavy atom. The Hall–Kier alpha value is -2.99. The third-order valence-corrected chi connectivity index (χ3v) is 4.91. The van der Waals surface area contributed by atoms with Crippen LogP contribution in [0.4, 0.5) is 0 Å². The Bertz CT molecular complexity index is 949. The highest BCUT2D eigenvalue weighted by molar-refractivity contribution is 5.88. The number of quaternary nitrogens is 1. The van der Waals surface area contributed by atoms with E-state index in [1.165, 1.54) is 4.90 Å². The van der Waals surface area contributed by atoms with Gasteiger partial charge in [0.25, 0.3) is 0 Å². The number of fused-ring (bicyclic) bond motifs is 1. The lowest BCUT2D eigenvalue weighted by Crippen LogP contribution is -3.07. The predicted octanol–water partition coefficient (Wildman–Crippen LogP) is 1.99. The summed E-state index contributed by atoms with van der Waals surface area (Å²) < 4.78 is 16.1. The highest BCUT2D eigenvalue weighted by atomic mass is 16.5. The van der Waals surface area contributed by atoms with Crippen molar-refractivity contribution in [3.63, 3.8) is 0 Å². The number of nitrogens with one attached hydrogen (secondary N) is 2. The van der Waals surface area contributed by atoms with Gasteiger partial charge < -0.3 is 24.1 Å². The summed E-state index contributed by atoms with van der Waals surface area (Å²) in [6.45, 7) is 0.540. The highest BCUT2D eigenvalue weighted by Gasteiger charge is 2.20. The molecule has 6 heteroatoms. The SMILES string of the molecule is COc1cccc([C@@H](CNC(=O)Cc2coc3cc(OC)ccc23)[NH+](C)C)c1. The van der Waals surface area contributed by atoms with Crippen LogP contribution in [-0.4, -0.2) is 40.8 Å². The molecule has 0 spiro atoms. The first-order valence-corrected chi connectivity index (χ1v) is 9.26. The average molecular weight is 383 g/mol. The van der Waals surface area contributed by atoms with Crippen molar-refractivity contribution >= 4 is 16.9 Å². The molecule has 1 heterocycles. The third-order valence-electron chi connectivity index (χ3n) is 4.91. The normalized spacial score (nSPS) is 12.2. The van der Waals surface area contributed by atoms with E-state index in [1.807, 2.05) is 36.4 Å². The van der Waals surface area contributed by atoms with Crippen LogP contribution in [0.5, 0.6) is 11.5 Å². The maximum absolute atomic E-state index is 12.5. The van der Waals surface area contributed by atoms with E-state index in [-0.39, 0.29) is 18.4 Å². The minimum atomic E-state index is -0.0346. The van der Waals surface area contributed by atoms with Gasteiger partial charge in [0.1, 0.15) is 23.1 Å². The molecule has 2 N–H and O–H groups in total. The van der Waals surface area contributed by atoms with Crippen LogP contribution in [0.3, 0.4) is 0 Å². The van der Waals surface area contributed by atoms with Crippen LogP contribution in [0, 0.1) is 0 Å². The van der Waals surface area contributed by atoms with Gasteiger partial charge in [-0.2, -0.15) is 0 Å². The summed E-state index contributed by atoms with van der Waals surface area (Å²) in [7, 11) is 7.42. The number of amides is 1. The molecular formula is C22H27N2O4+. The molecule has 0 saturated heterocycles. The number of benzene rings is 2. The number of carbonyl (C=O) groups excluding carboxylic acids is 1. The van der Waals surface area contributed by atoms with Crippen molar-refractivity contribution in [2.45, 2.75) is 12.5 Å². The Morgan fingerprint density at radius 3 is 2.57 bits per heavy atom. The van der Waals surface area contributed by atoms with E-state index in [4.69, 9.17) is 13.9 Å². The summed E-state index contributed by atoms with van der Waals surface area (Å²) in [6, 6.07) is 13.7. The molecule has 0 aliphatic carbocycles. The Kier molecular flexibility index (Phi) is 6.21. The van der Waals surface area contributed by atoms with Crippen molar-refractivity contribution in [1.29, 1.82) is 0 Å². The quantitative estimate of drug-likeness (QED) is 0.624. The number of hydrogen-bond acceptors (Lipinski definition) is 4. The van der Waals surface area contributed by atoms with Crippen LogP contribution >= 0.6 is 0 Å². The molecule has 3 aromatic rings. The summed E-state index contributed by atoms with van der Waals surface area (Å²) in [5, 5.41) is 3.99. The van der Waals surface area contributed by atoms with Gasteiger partial charge in [-0.3, -0.25) is 4.79 Å². The highest BCUT2D eigenvalue weighted by Crippen LogP contribution is 2.26. The zero-order valence-corrected chi connectivity index (χ0v) is 16.7. The number of carbonyl (C=O) groups is 1. The molecule has 1 amide bonds. The van der Waals surface area contributed by atoms with Gasteiger partial charge in [0.15, 0.2) is 0 Å². The first-order valence-electron chi connectivity index (χ1n) is 9.26. The molecule has 28 heavy (non-hydrogen) atoms. The molecule has 6 nitrogen and oxygen atoms in total. The van der Waals surface area contributed by atoms with Crippen LogP contribution in [0.15, 0.2) is 53.1 Å². The molecule has 0 saturated carbocycles. The van der Waals surface area contributed by atoms with E-state index in [9.17, 15) is 4.79 Å². The molecular weight excluding hydrogens is 356 g/mol. The lowest BCUT2D eigenvalue weighted by molar-refractivity contribution is -0.890. The van der Waals surface area contributed by atoms with Gasteiger partial charge in [-0.15, -0.1) is 0 Å². The molecule has 2 aromatic carbocycles. The zero-order chi connectivity index (χ0) is 20.1. The van der Waals surface area contributed by atoms with Crippen LogP contribution in [0.25, 0.3) is 11.0 Å². The van der Waals surface area contributed by atoms with Crippen molar-refractivity contribution in [3.05, 3.63) is 59.9 Å². The predicted molar refractivity (Wildman–Crippen MR) is 108 cm³/mol. The van der Waals surface area contributed by atoms with Crippen molar-refractivity contribution in [1.82, 2.24) is 5.32 Å². The molecule has 1 aromatic heterocycles. The maximum atomic E-state index is 12.5. The first kappa shape index (κ1) is 19.8. The second-order valence-corrected chi connectivity index (χ2v) is 7.01. The minimum absolute atomic E-state index is 0.0346. The molecule has 0 radical (unpaired) electrons. The van der Waals surface area contributed by atoms with Crippen molar-refractivity contribution in [3.8, 4) is 11.5 Å². The second-order valence-electron chi connectivity index (χ2n) is 7.01. The van der Waals surface area contributed by atoms with Crippen molar-refractivity contribution in [2.24, 2.45) is 0 Å². The lowest BCUT2D eigenvalue weighted by Gasteiger charge is -2.22. The van der Waals surface area contributed by atoms with Gasteiger partial charge in [-0.05, 0) is 24.3 Å². The largest absolute Gasteiger partial charge is 0.497 e. The van der Waals surface area contributed by atoms with E-state index in [2.05, 4.69) is 25.5 Å². The van der Waals surface area contributed by atoms with E-state index in [0.29, 0.717) is 12.1 Å². The van der Waals surface area contributed by atoms with E-state index < -0.39 is 0 Å². The molecule has 0 bridgehead atoms. The molecule has 1 atom stereocenters. The average Bonchev–Trinajstić information content (AvgIpc) is 3.09. The molecule has 3 rings (SSSR count). The van der Waals surface area contributed by atoms with E-state index in [1.54, 1.807) is 20.5 Å². The summed E-state index contributed by atoms with van der Waals surface area (Å²) in [5.74, 6) is 1.51. The summed E-state index contributed by atoms with van der Waals surface area (Å²) in [4.78, 5) is 13.8. The summed E-state index contributed by atoms with van der Waals surface area (Å²) >= 11 is 0. The first-order chi connectivity index (χ1) is 13.5. The van der Waals surface area contributed by atoms with E-state index in [0.717, 1.165) is 28.0 Å². The molecule has 0 aliphatic heterocycles. The monoisotopic (exact) mass is 383 g/mol. The second kappa shape index (κ2) is 8.80. The van der Waals surface area contributed by atoms with Gasteiger partial charge in [0.2, 0.25) is 5.91 Å². The molecule has 0 fully saturated rings. The van der Waals surface area contributed by atoms with Crippen molar-refractivity contribution < 1.29 is 23.6 Å². The van der Waals surface area contributed by atoms with Gasteiger partial charge in [0.05, 0.1) is 47.5 Å². The molecule has 0 aliphatic rings. The fourth-order valence-electron chi connectivity index (χ4n) is 3.29. The molecule has 0 unspecified atom stereocenters. The van der Waals surface area contributed by atoms with Crippen molar-refractivity contribution in [2.75, 3.05) is 34.9 Å². The Morgan fingerprint density at radius 2 is 1.86 bits per heavy atom. The topological polar surface area (TPSA) is 65.1 Å². The van der Waals surface area contributed by atoms with Crippen LogP contribution in [0.1, 0.15) is 17.2 Å². The number of rotatable bonds is 8. The summed E-state index contributed by atoms with van der Waals surface area (Å²) in [6.07, 6.45) is 1.91. The molecule has 148 valence electrons. The van der Waals surface area contributed by atoms with Gasteiger partial charge in [-0.1, -0.05) is 12.1 Å². The smallest absolute Gasteiger partial charge is 0.224 e. The fraction of sp³-hybridized carbons (Fsp3) is 0.318. The number of furan rings is 1. The van der Waals surface area contributed by atoms with Gasteiger partial charge in [-0.25, -0.2) is 0 Å². The third kappa shape index (κ3) is 4.46. The number of likely N-dealkylation sites (N-methyl/N-ethyl adjacent to an activating group) is 1. The van der Waals surface area contributed by atoms with Gasteiger partial charge >= 0.3 is 0 Å². The van der Waals surface area contributed by atoms with Crippen LogP contribution in [-0.2, 0) is 11.2 Å².